The number of hydrogen-bond donors (Lipinski definition) is 2. The van der Waals surface area contributed by atoms with Gasteiger partial charge in [0, 0.05) is 28.7 Å². The van der Waals surface area contributed by atoms with Crippen LogP contribution in [0.15, 0.2) is 30.5 Å². The summed E-state index contributed by atoms with van der Waals surface area (Å²) < 4.78 is 1.72. The van der Waals surface area contributed by atoms with Gasteiger partial charge in [0.2, 0.25) is 0 Å². The van der Waals surface area contributed by atoms with Crippen LogP contribution in [-0.2, 0) is 19.4 Å². The fourth-order valence-corrected chi connectivity index (χ4v) is 3.07. The summed E-state index contributed by atoms with van der Waals surface area (Å²) in [6.45, 7) is 2.73. The lowest BCUT2D eigenvalue weighted by atomic mass is 10.1. The molecule has 2 heterocycles. The number of aryl methyl sites for hydroxylation is 3. The van der Waals surface area contributed by atoms with Gasteiger partial charge in [0.05, 0.1) is 5.69 Å². The molecule has 5 nitrogen and oxygen atoms in total. The summed E-state index contributed by atoms with van der Waals surface area (Å²) in [6, 6.07) is 7.59. The Morgan fingerprint density at radius 3 is 2.92 bits per heavy atom. The molecule has 3 aromatic rings. The average molecular weight is 345 g/mol. The Morgan fingerprint density at radius 2 is 2.17 bits per heavy atom. The number of H-pyrrole nitrogens is 1. The lowest BCUT2D eigenvalue weighted by Crippen LogP contribution is -2.18. The number of nitrogens with two attached hydrogens (primary N) is 1. The van der Waals surface area contributed by atoms with Gasteiger partial charge >= 0.3 is 0 Å². The van der Waals surface area contributed by atoms with Crippen LogP contribution in [0.3, 0.4) is 0 Å². The molecule has 126 valence electrons. The number of rotatable bonds is 7. The molecule has 0 unspecified atom stereocenters. The van der Waals surface area contributed by atoms with Crippen LogP contribution in [-0.4, -0.2) is 20.7 Å². The van der Waals surface area contributed by atoms with E-state index in [0.717, 1.165) is 47.8 Å². The second kappa shape index (κ2) is 7.09. The van der Waals surface area contributed by atoms with E-state index < -0.39 is 5.91 Å². The number of unbranched alkanes of at least 4 members (excludes halogenated alkanes) is 1. The minimum absolute atomic E-state index is 0.438. The predicted molar refractivity (Wildman–Crippen MR) is 96.4 cm³/mol. The Balaban J connectivity index is 1.81. The summed E-state index contributed by atoms with van der Waals surface area (Å²) in [5, 5.41) is 6.35. The molecule has 0 atom stereocenters. The maximum atomic E-state index is 11.7. The number of carbonyl (C=O) groups excluding carboxylic acids is 1. The van der Waals surface area contributed by atoms with Crippen LogP contribution < -0.4 is 5.73 Å². The van der Waals surface area contributed by atoms with Crippen molar-refractivity contribution in [2.24, 2.45) is 5.73 Å². The average Bonchev–Trinajstić information content (AvgIpc) is 3.14. The molecule has 0 bridgehead atoms. The molecule has 0 aliphatic heterocycles. The molecule has 1 amide bonds. The van der Waals surface area contributed by atoms with Gasteiger partial charge in [-0.05, 0) is 49.1 Å². The number of nitrogens with one attached hydrogen (secondary N) is 1. The molecule has 0 saturated carbocycles. The summed E-state index contributed by atoms with van der Waals surface area (Å²) in [7, 11) is 0. The van der Waals surface area contributed by atoms with Crippen molar-refractivity contribution in [2.45, 2.75) is 39.2 Å². The summed E-state index contributed by atoms with van der Waals surface area (Å²) in [6.07, 6.45) is 5.74. The van der Waals surface area contributed by atoms with Gasteiger partial charge in [-0.3, -0.25) is 9.48 Å². The van der Waals surface area contributed by atoms with Crippen molar-refractivity contribution in [3.63, 3.8) is 0 Å². The Hall–Kier alpha value is -2.27. The lowest BCUT2D eigenvalue weighted by Gasteiger charge is -2.05. The second-order valence-electron chi connectivity index (χ2n) is 5.97. The first-order valence-electron chi connectivity index (χ1n) is 8.20. The molecule has 1 aromatic carbocycles. The number of benzene rings is 1. The topological polar surface area (TPSA) is 76.7 Å². The molecule has 3 N–H and O–H groups in total. The van der Waals surface area contributed by atoms with Crippen molar-refractivity contribution in [1.29, 1.82) is 0 Å². The van der Waals surface area contributed by atoms with Gasteiger partial charge in [0.25, 0.3) is 5.91 Å². The molecule has 0 radical (unpaired) electrons. The highest BCUT2D eigenvalue weighted by molar-refractivity contribution is 6.31. The molecule has 0 fully saturated rings. The van der Waals surface area contributed by atoms with Crippen LogP contribution in [0, 0.1) is 0 Å². The molecular weight excluding hydrogens is 324 g/mol. The fraction of sp³-hybridized carbons (Fsp3) is 0.333. The third-order valence-electron chi connectivity index (χ3n) is 4.19. The van der Waals surface area contributed by atoms with Crippen LogP contribution in [0.5, 0.6) is 0 Å². The normalized spacial score (nSPS) is 11.2. The molecule has 0 spiro atoms. The van der Waals surface area contributed by atoms with E-state index in [1.807, 2.05) is 30.5 Å². The second-order valence-corrected chi connectivity index (χ2v) is 6.40. The van der Waals surface area contributed by atoms with Crippen LogP contribution in [0.1, 0.15) is 41.5 Å². The number of aromatic nitrogens is 3. The summed E-state index contributed by atoms with van der Waals surface area (Å²) in [4.78, 5) is 14.9. The zero-order chi connectivity index (χ0) is 17.1. The quantitative estimate of drug-likeness (QED) is 0.685. The van der Waals surface area contributed by atoms with E-state index in [0.29, 0.717) is 17.3 Å². The summed E-state index contributed by atoms with van der Waals surface area (Å²) in [5.74, 6) is -0.438. The summed E-state index contributed by atoms with van der Waals surface area (Å²) in [5.41, 5.74) is 9.08. The number of carbonyl (C=O) groups is 1. The number of hydrogen-bond acceptors (Lipinski definition) is 2. The predicted octanol–water partition coefficient (Wildman–Crippen LogP) is 3.70. The van der Waals surface area contributed by atoms with Crippen LogP contribution >= 0.6 is 11.6 Å². The van der Waals surface area contributed by atoms with Gasteiger partial charge in [0.1, 0.15) is 5.69 Å². The third-order valence-corrected chi connectivity index (χ3v) is 4.43. The van der Waals surface area contributed by atoms with Crippen molar-refractivity contribution in [3.05, 3.63) is 52.4 Å². The van der Waals surface area contributed by atoms with Crippen molar-refractivity contribution in [1.82, 2.24) is 14.8 Å². The number of fused-ring (bicyclic) bond motifs is 1. The maximum Gasteiger partial charge on any atom is 0.266 e. The number of aromatic amines is 1. The van der Waals surface area contributed by atoms with Crippen LogP contribution in [0.2, 0.25) is 5.02 Å². The standard InChI is InChI=1S/C18H21ClN4O/c1-2-3-4-14-10-17(18(20)24)23(22-14)8-7-12-11-21-16-6-5-13(19)9-15(12)16/h5-6,9-11,21H,2-4,7-8H2,1H3,(H2,20,24). The van der Waals surface area contributed by atoms with E-state index in [4.69, 9.17) is 17.3 Å². The number of nitrogens with zero attached hydrogens (tertiary/aromatic N) is 2. The van der Waals surface area contributed by atoms with E-state index in [1.54, 1.807) is 4.68 Å². The van der Waals surface area contributed by atoms with Gasteiger partial charge in [0.15, 0.2) is 0 Å². The highest BCUT2D eigenvalue weighted by Crippen LogP contribution is 2.23. The smallest absolute Gasteiger partial charge is 0.266 e. The SMILES string of the molecule is CCCCc1cc(C(N)=O)n(CCc2c[nH]c3ccc(Cl)cc23)n1. The first-order valence-corrected chi connectivity index (χ1v) is 8.58. The molecule has 6 heteroatoms. The van der Waals surface area contributed by atoms with Gasteiger partial charge < -0.3 is 10.7 Å². The third kappa shape index (κ3) is 3.46. The minimum atomic E-state index is -0.438. The largest absolute Gasteiger partial charge is 0.364 e. The number of primary amides is 1. The van der Waals surface area contributed by atoms with E-state index in [1.165, 1.54) is 0 Å². The Labute approximate surface area is 145 Å². The van der Waals surface area contributed by atoms with Gasteiger partial charge in [-0.25, -0.2) is 0 Å². The Kier molecular flexibility index (Phi) is 4.90. The molecule has 0 aliphatic carbocycles. The fourth-order valence-electron chi connectivity index (χ4n) is 2.90. The maximum absolute atomic E-state index is 11.7. The monoisotopic (exact) mass is 344 g/mol. The van der Waals surface area contributed by atoms with Gasteiger partial charge in [-0.2, -0.15) is 5.10 Å². The van der Waals surface area contributed by atoms with Crippen molar-refractivity contribution >= 4 is 28.4 Å². The first-order chi connectivity index (χ1) is 11.6. The Bertz CT molecular complexity index is 865. The molecule has 0 aliphatic rings. The number of halogens is 1. The first kappa shape index (κ1) is 16.6. The minimum Gasteiger partial charge on any atom is -0.364 e. The van der Waals surface area contributed by atoms with E-state index in [2.05, 4.69) is 17.0 Å². The zero-order valence-corrected chi connectivity index (χ0v) is 14.4. The van der Waals surface area contributed by atoms with Crippen molar-refractivity contribution in [3.8, 4) is 0 Å². The molecule has 3 rings (SSSR count). The Morgan fingerprint density at radius 1 is 1.33 bits per heavy atom. The summed E-state index contributed by atoms with van der Waals surface area (Å²) >= 11 is 6.09. The van der Waals surface area contributed by atoms with E-state index in [9.17, 15) is 4.79 Å². The molecule has 2 aromatic heterocycles. The highest BCUT2D eigenvalue weighted by Gasteiger charge is 2.13. The molecule has 0 saturated heterocycles. The van der Waals surface area contributed by atoms with E-state index >= 15 is 0 Å². The van der Waals surface area contributed by atoms with Crippen molar-refractivity contribution in [2.75, 3.05) is 0 Å². The highest BCUT2D eigenvalue weighted by atomic mass is 35.5. The van der Waals surface area contributed by atoms with Gasteiger partial charge in [-0.15, -0.1) is 0 Å². The zero-order valence-electron chi connectivity index (χ0n) is 13.7. The lowest BCUT2D eigenvalue weighted by molar-refractivity contribution is 0.0990. The van der Waals surface area contributed by atoms with Crippen LogP contribution in [0.4, 0.5) is 0 Å². The number of amides is 1. The molecule has 24 heavy (non-hydrogen) atoms. The van der Waals surface area contributed by atoms with Crippen molar-refractivity contribution < 1.29 is 4.79 Å². The molecular formula is C18H21ClN4O. The van der Waals surface area contributed by atoms with Crippen LogP contribution in [0.25, 0.3) is 10.9 Å². The van der Waals surface area contributed by atoms with Gasteiger partial charge in [-0.1, -0.05) is 24.9 Å². The van der Waals surface area contributed by atoms with E-state index in [-0.39, 0.29) is 0 Å².